The monoisotopic (exact) mass is 595 g/mol. The number of aliphatic hydroxyl groups is 2. The van der Waals surface area contributed by atoms with Crippen molar-refractivity contribution in [2.75, 3.05) is 17.2 Å². The Morgan fingerprint density at radius 1 is 0.955 bits per heavy atom. The molecule has 5 heterocycles. The van der Waals surface area contributed by atoms with Crippen molar-refractivity contribution in [3.05, 3.63) is 85.5 Å². The highest BCUT2D eigenvalue weighted by Crippen LogP contribution is 2.35. The van der Waals surface area contributed by atoms with Crippen LogP contribution in [0.3, 0.4) is 0 Å². The minimum atomic E-state index is -1.30. The number of nitrogens with zero attached hydrogens (tertiary/aromatic N) is 7. The molecule has 14 nitrogen and oxygen atoms in total. The molecule has 2 aliphatic heterocycles. The molecule has 44 heavy (non-hydrogen) atoms. The Labute approximate surface area is 250 Å². The van der Waals surface area contributed by atoms with Gasteiger partial charge in [0.15, 0.2) is 17.7 Å². The van der Waals surface area contributed by atoms with Gasteiger partial charge in [-0.25, -0.2) is 29.6 Å². The zero-order valence-corrected chi connectivity index (χ0v) is 23.3. The van der Waals surface area contributed by atoms with E-state index in [0.29, 0.717) is 22.5 Å². The molecular formula is C30H29N9O5. The van der Waals surface area contributed by atoms with E-state index < -0.39 is 36.6 Å². The number of hydrogen-bond acceptors (Lipinski definition) is 10. The highest BCUT2D eigenvalue weighted by Gasteiger charge is 2.48. The number of imidazole rings is 2. The molecule has 3 amide bonds. The lowest BCUT2D eigenvalue weighted by Gasteiger charge is -2.24. The van der Waals surface area contributed by atoms with Crippen molar-refractivity contribution in [3.63, 3.8) is 0 Å². The highest BCUT2D eigenvalue weighted by atomic mass is 16.6. The van der Waals surface area contributed by atoms with Crippen LogP contribution in [0.5, 0.6) is 0 Å². The third kappa shape index (κ3) is 4.74. The summed E-state index contributed by atoms with van der Waals surface area (Å²) in [6, 6.07) is 15.8. The lowest BCUT2D eigenvalue weighted by Crippen LogP contribution is -2.40. The summed E-state index contributed by atoms with van der Waals surface area (Å²) in [6.45, 7) is 0.0862. The number of anilines is 2. The molecule has 2 unspecified atom stereocenters. The molecule has 0 saturated carbocycles. The van der Waals surface area contributed by atoms with Gasteiger partial charge in [-0.3, -0.25) is 9.36 Å². The number of carbonyl (C=O) groups is 2. The number of H-pyrrole nitrogens is 1. The Kier molecular flexibility index (Phi) is 7.00. The number of imide groups is 1. The van der Waals surface area contributed by atoms with Gasteiger partial charge in [0, 0.05) is 24.9 Å². The first-order valence-electron chi connectivity index (χ1n) is 14.1. The van der Waals surface area contributed by atoms with Crippen LogP contribution in [0, 0.1) is 0 Å². The summed E-state index contributed by atoms with van der Waals surface area (Å²) in [7, 11) is 0. The molecular weight excluding hydrogens is 566 g/mol. The van der Waals surface area contributed by atoms with Crippen molar-refractivity contribution >= 4 is 34.6 Å². The standard InChI is InChI=1S/C30H29N9O5/c31-26-23-27(35-15-34-26)38(16-36-23)29-25(41)24(40)22(44-29)10-11-37-21(12-19-13-32-14-33-19)28(42)39(30(37)43)20-8-6-18(7-9-20)17-4-2-1-3-5-17/h1-9,13-16,21-22,24-25,29,40-41H,10-12H2,(H,32,33)(H2,31,34,35)/t21?,22-,24-,25?,29-/m1/s1. The second-order valence-electron chi connectivity index (χ2n) is 10.8. The van der Waals surface area contributed by atoms with E-state index in [0.717, 1.165) is 11.1 Å². The number of aliphatic hydroxyl groups excluding tert-OH is 2. The van der Waals surface area contributed by atoms with E-state index in [1.807, 2.05) is 42.5 Å². The molecule has 0 radical (unpaired) electrons. The Morgan fingerprint density at radius 3 is 2.48 bits per heavy atom. The van der Waals surface area contributed by atoms with E-state index in [1.165, 1.54) is 33.3 Å². The summed E-state index contributed by atoms with van der Waals surface area (Å²) in [5.41, 5.74) is 9.72. The summed E-state index contributed by atoms with van der Waals surface area (Å²) >= 11 is 0. The molecule has 5 atom stereocenters. The van der Waals surface area contributed by atoms with Gasteiger partial charge in [-0.2, -0.15) is 0 Å². The van der Waals surface area contributed by atoms with E-state index in [9.17, 15) is 19.8 Å². The molecule has 5 aromatic rings. The van der Waals surface area contributed by atoms with Crippen LogP contribution in [0.2, 0.25) is 0 Å². The van der Waals surface area contributed by atoms with Gasteiger partial charge in [0.25, 0.3) is 5.91 Å². The molecule has 0 spiro atoms. The number of nitrogen functional groups attached to an aromatic ring is 1. The van der Waals surface area contributed by atoms with Gasteiger partial charge in [-0.05, 0) is 29.7 Å². The first-order valence-corrected chi connectivity index (χ1v) is 14.1. The van der Waals surface area contributed by atoms with Crippen LogP contribution < -0.4 is 10.6 Å². The summed E-state index contributed by atoms with van der Waals surface area (Å²) < 4.78 is 7.57. The van der Waals surface area contributed by atoms with Gasteiger partial charge < -0.3 is 30.6 Å². The van der Waals surface area contributed by atoms with Crippen molar-refractivity contribution in [2.24, 2.45) is 0 Å². The number of aromatic amines is 1. The molecule has 2 fully saturated rings. The third-order valence-corrected chi connectivity index (χ3v) is 8.17. The summed E-state index contributed by atoms with van der Waals surface area (Å²) in [4.78, 5) is 49.6. The Bertz CT molecular complexity index is 1800. The number of benzene rings is 2. The maximum Gasteiger partial charge on any atom is 0.332 e. The first-order chi connectivity index (χ1) is 21.4. The van der Waals surface area contributed by atoms with Crippen LogP contribution in [0.25, 0.3) is 22.3 Å². The molecule has 7 rings (SSSR count). The molecule has 5 N–H and O–H groups in total. The second kappa shape index (κ2) is 11.1. The smallest absolute Gasteiger partial charge is 0.332 e. The van der Waals surface area contributed by atoms with E-state index in [4.69, 9.17) is 10.5 Å². The lowest BCUT2D eigenvalue weighted by molar-refractivity contribution is -0.119. The quantitative estimate of drug-likeness (QED) is 0.193. The molecule has 3 aromatic heterocycles. The summed E-state index contributed by atoms with van der Waals surface area (Å²) in [5.74, 6) is -0.192. The minimum absolute atomic E-state index is 0.0862. The van der Waals surface area contributed by atoms with Gasteiger partial charge in [0.05, 0.1) is 24.4 Å². The van der Waals surface area contributed by atoms with Crippen LogP contribution in [0.1, 0.15) is 18.3 Å². The van der Waals surface area contributed by atoms with Crippen LogP contribution in [-0.4, -0.2) is 87.4 Å². The van der Waals surface area contributed by atoms with Gasteiger partial charge in [-0.15, -0.1) is 0 Å². The average Bonchev–Trinajstić information content (AvgIpc) is 3.82. The van der Waals surface area contributed by atoms with Crippen molar-refractivity contribution in [1.82, 2.24) is 34.4 Å². The normalized spacial score (nSPS) is 23.7. The number of nitrogens with one attached hydrogen (secondary N) is 1. The number of rotatable bonds is 8. The van der Waals surface area contributed by atoms with Crippen molar-refractivity contribution in [1.29, 1.82) is 0 Å². The summed E-state index contributed by atoms with van der Waals surface area (Å²) in [6.07, 6.45) is 1.80. The van der Waals surface area contributed by atoms with Crippen molar-refractivity contribution < 1.29 is 24.5 Å². The number of aromatic nitrogens is 6. The van der Waals surface area contributed by atoms with E-state index in [2.05, 4.69) is 24.9 Å². The van der Waals surface area contributed by atoms with E-state index in [-0.39, 0.29) is 31.1 Å². The van der Waals surface area contributed by atoms with Crippen LogP contribution >= 0.6 is 0 Å². The van der Waals surface area contributed by atoms with Crippen LogP contribution in [-0.2, 0) is 16.0 Å². The Balaban J connectivity index is 1.11. The molecule has 0 aliphatic carbocycles. The Hall–Kier alpha value is -5.18. The van der Waals surface area contributed by atoms with E-state index in [1.54, 1.807) is 18.3 Å². The number of fused-ring (bicyclic) bond motifs is 1. The highest BCUT2D eigenvalue weighted by molar-refractivity contribution is 6.21. The van der Waals surface area contributed by atoms with Crippen molar-refractivity contribution in [2.45, 2.75) is 43.4 Å². The topological polar surface area (TPSA) is 189 Å². The predicted molar refractivity (Wildman–Crippen MR) is 158 cm³/mol. The molecule has 224 valence electrons. The van der Waals surface area contributed by atoms with Crippen LogP contribution in [0.4, 0.5) is 16.3 Å². The molecule has 0 bridgehead atoms. The van der Waals surface area contributed by atoms with Crippen LogP contribution in [0.15, 0.2) is 79.8 Å². The largest absolute Gasteiger partial charge is 0.388 e. The fourth-order valence-electron chi connectivity index (χ4n) is 5.88. The maximum atomic E-state index is 13.8. The number of urea groups is 1. The molecule has 2 aliphatic rings. The maximum absolute atomic E-state index is 13.8. The molecule has 14 heteroatoms. The summed E-state index contributed by atoms with van der Waals surface area (Å²) in [5, 5.41) is 21.8. The van der Waals surface area contributed by atoms with Crippen molar-refractivity contribution in [3.8, 4) is 11.1 Å². The number of hydrogen-bond donors (Lipinski definition) is 4. The zero-order valence-electron chi connectivity index (χ0n) is 23.3. The fourth-order valence-corrected chi connectivity index (χ4v) is 5.88. The third-order valence-electron chi connectivity index (χ3n) is 8.17. The van der Waals surface area contributed by atoms with Gasteiger partial charge in [0.1, 0.15) is 30.1 Å². The number of nitrogens with two attached hydrogens (primary N) is 1. The second-order valence-corrected chi connectivity index (χ2v) is 10.8. The van der Waals surface area contributed by atoms with Gasteiger partial charge in [-0.1, -0.05) is 42.5 Å². The predicted octanol–water partition coefficient (Wildman–Crippen LogP) is 1.89. The van der Waals surface area contributed by atoms with E-state index >= 15 is 0 Å². The average molecular weight is 596 g/mol. The lowest BCUT2D eigenvalue weighted by atomic mass is 10.1. The van der Waals surface area contributed by atoms with Gasteiger partial charge in [0.2, 0.25) is 0 Å². The fraction of sp³-hybridized carbons (Fsp3) is 0.267. The zero-order chi connectivity index (χ0) is 30.4. The first kappa shape index (κ1) is 27.6. The van der Waals surface area contributed by atoms with Gasteiger partial charge >= 0.3 is 6.03 Å². The SMILES string of the molecule is Nc1ncnc2c1ncn2[C@@H]1O[C@H](CCN2C(=O)N(c3ccc(-c4ccccc4)cc3)C(=O)C2Cc2cnc[nH]2)[C@@H](O)C1O. The minimum Gasteiger partial charge on any atom is -0.388 e. The molecule has 2 saturated heterocycles. The number of amides is 3. The molecule has 2 aromatic carbocycles. The Morgan fingerprint density at radius 2 is 1.73 bits per heavy atom. The number of carbonyl (C=O) groups excluding carboxylic acids is 2. The number of ether oxygens (including phenoxy) is 1.